The number of nitrogens with zero attached hydrogens (tertiary/aromatic N) is 1. The number of nitrogens with one attached hydrogen (secondary N) is 1. The maximum atomic E-state index is 12.5. The van der Waals surface area contributed by atoms with Gasteiger partial charge in [-0.1, -0.05) is 48.5 Å². The van der Waals surface area contributed by atoms with Crippen molar-refractivity contribution in [3.05, 3.63) is 59.7 Å². The minimum absolute atomic E-state index is 0.0398. The first-order valence-electron chi connectivity index (χ1n) is 11.9. The summed E-state index contributed by atoms with van der Waals surface area (Å²) in [5, 5.41) is 2.63. The van der Waals surface area contributed by atoms with Gasteiger partial charge in [0.15, 0.2) is 0 Å². The number of carbonyl (C=O) groups is 2. The summed E-state index contributed by atoms with van der Waals surface area (Å²) >= 11 is 0. The van der Waals surface area contributed by atoms with Gasteiger partial charge in [0.2, 0.25) is 0 Å². The lowest BCUT2D eigenvalue weighted by Gasteiger charge is -2.20. The van der Waals surface area contributed by atoms with Crippen molar-refractivity contribution in [2.75, 3.05) is 53.2 Å². The molecular formula is C27H36N2O6. The second-order valence-corrected chi connectivity index (χ2v) is 9.38. The molecule has 2 aromatic carbocycles. The van der Waals surface area contributed by atoms with Gasteiger partial charge >= 0.3 is 12.2 Å². The lowest BCUT2D eigenvalue weighted by atomic mass is 9.98. The summed E-state index contributed by atoms with van der Waals surface area (Å²) in [7, 11) is 1.70. The first-order chi connectivity index (χ1) is 16.8. The Kier molecular flexibility index (Phi) is 9.51. The Bertz CT molecular complexity index is 942. The van der Waals surface area contributed by atoms with Crippen molar-refractivity contribution in [2.24, 2.45) is 0 Å². The standard InChI is InChI=1S/C27H36N2O6/c1-27(2,3)35-25(30)28-13-15-32-17-18-33-16-14-29(4)26(31)34-19-24-22-11-7-5-9-20(22)21-10-6-8-12-23(21)24/h5-12,24H,13-19H2,1-4H3,(H,28,30). The number of hydrogen-bond donors (Lipinski definition) is 1. The molecule has 3 rings (SSSR count). The third-order valence-electron chi connectivity index (χ3n) is 5.51. The molecule has 35 heavy (non-hydrogen) atoms. The zero-order chi connectivity index (χ0) is 25.3. The molecule has 0 atom stereocenters. The van der Waals surface area contributed by atoms with Crippen molar-refractivity contribution in [1.29, 1.82) is 0 Å². The molecule has 0 saturated heterocycles. The SMILES string of the molecule is CN(CCOCCOCCNC(=O)OC(C)(C)C)C(=O)OCC1c2ccccc2-c2ccccc21. The van der Waals surface area contributed by atoms with Crippen LogP contribution in [-0.4, -0.2) is 75.9 Å². The molecule has 8 heteroatoms. The summed E-state index contributed by atoms with van der Waals surface area (Å²) in [6.07, 6.45) is -0.839. The number of benzene rings is 2. The number of hydrogen-bond acceptors (Lipinski definition) is 6. The Hall–Kier alpha value is -3.10. The molecule has 0 bridgehead atoms. The minimum atomic E-state index is -0.522. The number of amides is 2. The van der Waals surface area contributed by atoms with Crippen LogP contribution in [0.25, 0.3) is 11.1 Å². The highest BCUT2D eigenvalue weighted by Crippen LogP contribution is 2.44. The van der Waals surface area contributed by atoms with E-state index in [4.69, 9.17) is 18.9 Å². The maximum absolute atomic E-state index is 12.5. The Labute approximate surface area is 207 Å². The number of rotatable bonds is 11. The summed E-state index contributed by atoms with van der Waals surface area (Å²) in [4.78, 5) is 25.5. The number of carbonyl (C=O) groups excluding carboxylic acids is 2. The van der Waals surface area contributed by atoms with Crippen LogP contribution >= 0.6 is 0 Å². The lowest BCUT2D eigenvalue weighted by molar-refractivity contribution is 0.0342. The summed E-state index contributed by atoms with van der Waals surface area (Å²) in [6, 6.07) is 16.5. The molecule has 0 unspecified atom stereocenters. The molecule has 0 heterocycles. The van der Waals surface area contributed by atoms with Crippen LogP contribution in [0.2, 0.25) is 0 Å². The van der Waals surface area contributed by atoms with E-state index in [0.29, 0.717) is 46.1 Å². The summed E-state index contributed by atoms with van der Waals surface area (Å²) < 4.78 is 21.7. The average Bonchev–Trinajstić information content (AvgIpc) is 3.14. The molecule has 0 spiro atoms. The molecule has 1 aliphatic rings. The lowest BCUT2D eigenvalue weighted by Crippen LogP contribution is -2.34. The highest BCUT2D eigenvalue weighted by atomic mass is 16.6. The molecule has 0 aromatic heterocycles. The van der Waals surface area contributed by atoms with Gasteiger partial charge in [-0.25, -0.2) is 9.59 Å². The van der Waals surface area contributed by atoms with E-state index < -0.39 is 11.7 Å². The molecule has 0 fully saturated rings. The predicted octanol–water partition coefficient (Wildman–Crippen LogP) is 4.43. The van der Waals surface area contributed by atoms with E-state index in [1.54, 1.807) is 7.05 Å². The molecule has 0 saturated carbocycles. The van der Waals surface area contributed by atoms with Crippen LogP contribution in [0.4, 0.5) is 9.59 Å². The van der Waals surface area contributed by atoms with E-state index in [-0.39, 0.29) is 12.0 Å². The molecule has 1 N–H and O–H groups in total. The van der Waals surface area contributed by atoms with Gasteiger partial charge < -0.3 is 29.2 Å². The van der Waals surface area contributed by atoms with Crippen molar-refractivity contribution in [2.45, 2.75) is 32.3 Å². The maximum Gasteiger partial charge on any atom is 0.409 e. The molecule has 190 valence electrons. The van der Waals surface area contributed by atoms with Crippen molar-refractivity contribution >= 4 is 12.2 Å². The number of likely N-dealkylation sites (N-methyl/N-ethyl adjacent to an activating group) is 1. The first kappa shape index (κ1) is 26.5. The molecule has 1 aliphatic carbocycles. The topological polar surface area (TPSA) is 86.3 Å². The van der Waals surface area contributed by atoms with E-state index in [1.165, 1.54) is 27.2 Å². The Morgan fingerprint density at radius 3 is 2.06 bits per heavy atom. The van der Waals surface area contributed by atoms with Gasteiger partial charge in [0.05, 0.1) is 26.4 Å². The van der Waals surface area contributed by atoms with E-state index in [9.17, 15) is 9.59 Å². The van der Waals surface area contributed by atoms with Crippen LogP contribution in [0.15, 0.2) is 48.5 Å². The van der Waals surface area contributed by atoms with Gasteiger partial charge in [0, 0.05) is 26.1 Å². The third-order valence-corrected chi connectivity index (χ3v) is 5.51. The second kappa shape index (κ2) is 12.6. The van der Waals surface area contributed by atoms with Crippen molar-refractivity contribution < 1.29 is 28.5 Å². The first-order valence-corrected chi connectivity index (χ1v) is 11.9. The van der Waals surface area contributed by atoms with Gasteiger partial charge in [0.25, 0.3) is 0 Å². The van der Waals surface area contributed by atoms with E-state index >= 15 is 0 Å². The summed E-state index contributed by atoms with van der Waals surface area (Å²) in [5.41, 5.74) is 4.26. The molecule has 2 aromatic rings. The van der Waals surface area contributed by atoms with Crippen LogP contribution in [0.1, 0.15) is 37.8 Å². The van der Waals surface area contributed by atoms with Crippen LogP contribution < -0.4 is 5.32 Å². The monoisotopic (exact) mass is 484 g/mol. The van der Waals surface area contributed by atoms with E-state index in [2.05, 4.69) is 29.6 Å². The normalized spacial score (nSPS) is 12.6. The van der Waals surface area contributed by atoms with Crippen molar-refractivity contribution in [3.63, 3.8) is 0 Å². The smallest absolute Gasteiger partial charge is 0.409 e. The molecular weight excluding hydrogens is 448 g/mol. The van der Waals surface area contributed by atoms with Gasteiger partial charge in [-0.15, -0.1) is 0 Å². The van der Waals surface area contributed by atoms with Crippen LogP contribution in [0.3, 0.4) is 0 Å². The molecule has 2 amide bonds. The summed E-state index contributed by atoms with van der Waals surface area (Å²) in [6.45, 7) is 8.03. The Morgan fingerprint density at radius 1 is 0.886 bits per heavy atom. The zero-order valence-corrected chi connectivity index (χ0v) is 21.0. The largest absolute Gasteiger partial charge is 0.448 e. The highest BCUT2D eigenvalue weighted by Gasteiger charge is 2.29. The second-order valence-electron chi connectivity index (χ2n) is 9.38. The zero-order valence-electron chi connectivity index (χ0n) is 21.0. The number of alkyl carbamates (subject to hydrolysis) is 1. The quantitative estimate of drug-likeness (QED) is 0.475. The van der Waals surface area contributed by atoms with Crippen molar-refractivity contribution in [1.82, 2.24) is 10.2 Å². The van der Waals surface area contributed by atoms with Crippen LogP contribution in [0.5, 0.6) is 0 Å². The Balaban J connectivity index is 1.28. The molecule has 0 radical (unpaired) electrons. The molecule has 8 nitrogen and oxygen atoms in total. The van der Waals surface area contributed by atoms with E-state index in [1.807, 2.05) is 45.0 Å². The van der Waals surface area contributed by atoms with Gasteiger partial charge in [0.1, 0.15) is 12.2 Å². The van der Waals surface area contributed by atoms with Gasteiger partial charge in [-0.05, 0) is 43.0 Å². The Morgan fingerprint density at radius 2 is 1.46 bits per heavy atom. The van der Waals surface area contributed by atoms with Crippen LogP contribution in [-0.2, 0) is 18.9 Å². The van der Waals surface area contributed by atoms with Crippen molar-refractivity contribution in [3.8, 4) is 11.1 Å². The number of ether oxygens (including phenoxy) is 4. The fraction of sp³-hybridized carbons (Fsp3) is 0.481. The number of fused-ring (bicyclic) bond motifs is 3. The fourth-order valence-electron chi connectivity index (χ4n) is 3.86. The van der Waals surface area contributed by atoms with Gasteiger partial charge in [-0.2, -0.15) is 0 Å². The average molecular weight is 485 g/mol. The minimum Gasteiger partial charge on any atom is -0.448 e. The van der Waals surface area contributed by atoms with Gasteiger partial charge in [-0.3, -0.25) is 0 Å². The summed E-state index contributed by atoms with van der Waals surface area (Å²) in [5.74, 6) is 0.0398. The predicted molar refractivity (Wildman–Crippen MR) is 134 cm³/mol. The molecule has 0 aliphatic heterocycles. The van der Waals surface area contributed by atoms with Crippen LogP contribution in [0, 0.1) is 0 Å². The van der Waals surface area contributed by atoms with E-state index in [0.717, 1.165) is 0 Å². The fourth-order valence-corrected chi connectivity index (χ4v) is 3.86. The third kappa shape index (κ3) is 7.97. The highest BCUT2D eigenvalue weighted by molar-refractivity contribution is 5.79.